The first kappa shape index (κ1) is 9.26. The number of carbonyl (C=O) groups is 1. The van der Waals surface area contributed by atoms with Crippen molar-refractivity contribution in [3.63, 3.8) is 0 Å². The summed E-state index contributed by atoms with van der Waals surface area (Å²) < 4.78 is 9.33. The molecular formula is C9H14O3. The van der Waals surface area contributed by atoms with Gasteiger partial charge in [0.25, 0.3) is 0 Å². The maximum Gasteiger partial charge on any atom is 0.330 e. The van der Waals surface area contributed by atoms with E-state index in [-0.39, 0.29) is 5.97 Å². The van der Waals surface area contributed by atoms with Gasteiger partial charge in [0.1, 0.15) is 6.61 Å². The first-order chi connectivity index (χ1) is 5.83. The maximum absolute atomic E-state index is 9.93. The van der Waals surface area contributed by atoms with Gasteiger partial charge in [-0.2, -0.15) is 0 Å². The zero-order valence-corrected chi connectivity index (χ0v) is 7.29. The van der Waals surface area contributed by atoms with Crippen molar-refractivity contribution in [2.24, 2.45) is 5.92 Å². The third-order valence-corrected chi connectivity index (χ3v) is 1.86. The predicted molar refractivity (Wildman–Crippen MR) is 44.7 cm³/mol. The van der Waals surface area contributed by atoms with Crippen LogP contribution in [0.25, 0.3) is 0 Å². The topological polar surface area (TPSA) is 35.5 Å². The van der Waals surface area contributed by atoms with E-state index in [0.717, 1.165) is 19.1 Å². The fourth-order valence-corrected chi connectivity index (χ4v) is 0.843. The molecule has 2 heterocycles. The number of rotatable bonds is 1. The highest BCUT2D eigenvalue weighted by Crippen LogP contribution is 2.12. The van der Waals surface area contributed by atoms with E-state index in [1.165, 1.54) is 12.5 Å². The van der Waals surface area contributed by atoms with Gasteiger partial charge in [-0.05, 0) is 12.5 Å². The Labute approximate surface area is 72.4 Å². The quantitative estimate of drug-likeness (QED) is 0.553. The lowest BCUT2D eigenvalue weighted by atomic mass is 10.1. The van der Waals surface area contributed by atoms with Crippen LogP contribution in [0.2, 0.25) is 0 Å². The Morgan fingerprint density at radius 2 is 2.33 bits per heavy atom. The van der Waals surface area contributed by atoms with Crippen LogP contribution in [0.4, 0.5) is 0 Å². The van der Waals surface area contributed by atoms with Gasteiger partial charge in [0.2, 0.25) is 0 Å². The Kier molecular flexibility index (Phi) is 3.80. The summed E-state index contributed by atoms with van der Waals surface area (Å²) in [6.45, 7) is 4.68. The Bertz CT molecular complexity index is 168. The van der Waals surface area contributed by atoms with Gasteiger partial charge in [0.15, 0.2) is 0 Å². The number of esters is 1. The lowest BCUT2D eigenvalue weighted by Crippen LogP contribution is -2.26. The molecule has 1 fully saturated rings. The van der Waals surface area contributed by atoms with Crippen LogP contribution < -0.4 is 0 Å². The van der Waals surface area contributed by atoms with Gasteiger partial charge in [-0.1, -0.05) is 6.92 Å². The molecule has 2 aliphatic rings. The Balaban J connectivity index is 0.000000120. The summed E-state index contributed by atoms with van der Waals surface area (Å²) in [5.74, 6) is 0.667. The number of hydrogen-bond donors (Lipinski definition) is 0. The summed E-state index contributed by atoms with van der Waals surface area (Å²) in [5.41, 5.74) is 0. The van der Waals surface area contributed by atoms with E-state index in [2.05, 4.69) is 11.7 Å². The van der Waals surface area contributed by atoms with Crippen molar-refractivity contribution in [3.8, 4) is 0 Å². The molecule has 2 aliphatic heterocycles. The highest BCUT2D eigenvalue weighted by atomic mass is 16.5. The van der Waals surface area contributed by atoms with Crippen molar-refractivity contribution in [2.75, 3.05) is 19.8 Å². The lowest BCUT2D eigenvalue weighted by molar-refractivity contribution is -0.134. The zero-order chi connectivity index (χ0) is 8.81. The molecule has 0 amide bonds. The molecule has 3 nitrogen and oxygen atoms in total. The number of ether oxygens (including phenoxy) is 2. The van der Waals surface area contributed by atoms with Crippen LogP contribution in [0.1, 0.15) is 13.3 Å². The molecule has 0 N–H and O–H groups in total. The van der Waals surface area contributed by atoms with Gasteiger partial charge >= 0.3 is 5.97 Å². The van der Waals surface area contributed by atoms with E-state index < -0.39 is 0 Å². The molecule has 0 aromatic carbocycles. The third-order valence-electron chi connectivity index (χ3n) is 1.86. The molecule has 1 saturated heterocycles. The Morgan fingerprint density at radius 1 is 1.58 bits per heavy atom. The summed E-state index contributed by atoms with van der Waals surface area (Å²) in [7, 11) is 0. The van der Waals surface area contributed by atoms with Crippen molar-refractivity contribution in [2.45, 2.75) is 13.3 Å². The van der Waals surface area contributed by atoms with Crippen molar-refractivity contribution in [3.05, 3.63) is 12.2 Å². The standard InChI is InChI=1S/C5H10O.C4H4O2/c1-2-5-3-6-4-5;5-4-2-1-3-6-4/h5H,2-4H2,1H3;1-2H,3H2. The van der Waals surface area contributed by atoms with Crippen LogP contribution in [0.5, 0.6) is 0 Å². The number of carbonyl (C=O) groups excluding carboxylic acids is 1. The van der Waals surface area contributed by atoms with Gasteiger partial charge in [-0.3, -0.25) is 0 Å². The van der Waals surface area contributed by atoms with Crippen LogP contribution in [-0.2, 0) is 14.3 Å². The molecule has 0 saturated carbocycles. The fourth-order valence-electron chi connectivity index (χ4n) is 0.843. The van der Waals surface area contributed by atoms with E-state index in [9.17, 15) is 4.79 Å². The fraction of sp³-hybridized carbons (Fsp3) is 0.667. The third kappa shape index (κ3) is 3.05. The van der Waals surface area contributed by atoms with Gasteiger partial charge in [-0.25, -0.2) is 4.79 Å². The Hall–Kier alpha value is -0.830. The van der Waals surface area contributed by atoms with Crippen molar-refractivity contribution in [1.82, 2.24) is 0 Å². The molecule has 3 heteroatoms. The lowest BCUT2D eigenvalue weighted by Gasteiger charge is -2.23. The highest BCUT2D eigenvalue weighted by Gasteiger charge is 2.14. The molecule has 0 aromatic heterocycles. The number of cyclic esters (lactones) is 1. The summed E-state index contributed by atoms with van der Waals surface area (Å²) in [6.07, 6.45) is 4.39. The van der Waals surface area contributed by atoms with Crippen LogP contribution in [0, 0.1) is 5.92 Å². The molecule has 0 aliphatic carbocycles. The maximum atomic E-state index is 9.93. The van der Waals surface area contributed by atoms with Gasteiger partial charge in [-0.15, -0.1) is 0 Å². The van der Waals surface area contributed by atoms with Crippen LogP contribution in [0.15, 0.2) is 12.2 Å². The molecule has 0 unspecified atom stereocenters. The van der Waals surface area contributed by atoms with Crippen LogP contribution in [-0.4, -0.2) is 25.8 Å². The second kappa shape index (κ2) is 4.93. The molecule has 12 heavy (non-hydrogen) atoms. The first-order valence-electron chi connectivity index (χ1n) is 4.24. The average molecular weight is 170 g/mol. The molecule has 0 aromatic rings. The van der Waals surface area contributed by atoms with Crippen molar-refractivity contribution in [1.29, 1.82) is 0 Å². The summed E-state index contributed by atoms with van der Waals surface area (Å²) >= 11 is 0. The Morgan fingerprint density at radius 3 is 2.42 bits per heavy atom. The summed E-state index contributed by atoms with van der Waals surface area (Å²) in [6, 6.07) is 0. The second-order valence-corrected chi connectivity index (χ2v) is 2.84. The molecule has 0 bridgehead atoms. The van der Waals surface area contributed by atoms with Gasteiger partial charge in [0, 0.05) is 12.0 Å². The van der Waals surface area contributed by atoms with Gasteiger partial charge in [0.05, 0.1) is 13.2 Å². The minimum Gasteiger partial charge on any atom is -0.458 e. The minimum absolute atomic E-state index is 0.227. The average Bonchev–Trinajstić information content (AvgIpc) is 2.38. The molecule has 0 spiro atoms. The molecule has 2 rings (SSSR count). The van der Waals surface area contributed by atoms with E-state index in [1.807, 2.05) is 0 Å². The normalized spacial score (nSPS) is 20.9. The van der Waals surface area contributed by atoms with E-state index in [1.54, 1.807) is 6.08 Å². The molecule has 0 atom stereocenters. The molecule has 68 valence electrons. The van der Waals surface area contributed by atoms with Crippen molar-refractivity contribution < 1.29 is 14.3 Å². The monoisotopic (exact) mass is 170 g/mol. The van der Waals surface area contributed by atoms with Gasteiger partial charge < -0.3 is 9.47 Å². The number of hydrogen-bond acceptors (Lipinski definition) is 3. The van der Waals surface area contributed by atoms with E-state index >= 15 is 0 Å². The van der Waals surface area contributed by atoms with Crippen LogP contribution in [0.3, 0.4) is 0 Å². The zero-order valence-electron chi connectivity index (χ0n) is 7.29. The predicted octanol–water partition coefficient (Wildman–Crippen LogP) is 1.14. The second-order valence-electron chi connectivity index (χ2n) is 2.84. The molecular weight excluding hydrogens is 156 g/mol. The van der Waals surface area contributed by atoms with Crippen molar-refractivity contribution >= 4 is 5.97 Å². The molecule has 0 radical (unpaired) electrons. The first-order valence-corrected chi connectivity index (χ1v) is 4.24. The minimum atomic E-state index is -0.227. The smallest absolute Gasteiger partial charge is 0.330 e. The summed E-state index contributed by atoms with van der Waals surface area (Å²) in [4.78, 5) is 9.93. The van der Waals surface area contributed by atoms with E-state index in [0.29, 0.717) is 6.61 Å². The summed E-state index contributed by atoms with van der Waals surface area (Å²) in [5, 5.41) is 0. The van der Waals surface area contributed by atoms with E-state index in [4.69, 9.17) is 4.74 Å². The highest BCUT2D eigenvalue weighted by molar-refractivity contribution is 5.83. The van der Waals surface area contributed by atoms with Crippen LogP contribution >= 0.6 is 0 Å². The largest absolute Gasteiger partial charge is 0.458 e. The SMILES string of the molecule is CCC1COC1.O=C1C=CCO1.